The highest BCUT2D eigenvalue weighted by molar-refractivity contribution is 6.58. The van der Waals surface area contributed by atoms with Gasteiger partial charge in [-0.05, 0) is 39.2 Å². The third-order valence-electron chi connectivity index (χ3n) is 3.34. The van der Waals surface area contributed by atoms with E-state index in [9.17, 15) is 14.8 Å². The van der Waals surface area contributed by atoms with Crippen LogP contribution in [0.2, 0.25) is 0 Å². The van der Waals surface area contributed by atoms with Crippen molar-refractivity contribution >= 4 is 18.7 Å². The third-order valence-corrected chi connectivity index (χ3v) is 3.34. The molecule has 2 rings (SSSR count). The molecule has 0 aliphatic carbocycles. The highest BCUT2D eigenvalue weighted by atomic mass is 16.6. The van der Waals surface area contributed by atoms with Crippen molar-refractivity contribution in [2.45, 2.75) is 45.3 Å². The van der Waals surface area contributed by atoms with E-state index in [1.54, 1.807) is 17.2 Å². The van der Waals surface area contributed by atoms with Gasteiger partial charge in [0.1, 0.15) is 5.60 Å². The Balaban J connectivity index is 2.18. The molecule has 7 heteroatoms. The monoisotopic (exact) mass is 292 g/mol. The smallest absolute Gasteiger partial charge is 0.444 e. The fraction of sp³-hybridized carbons (Fsp3) is 0.571. The van der Waals surface area contributed by atoms with E-state index >= 15 is 0 Å². The Kier molecular flexibility index (Phi) is 4.53. The number of likely N-dealkylation sites (tertiary alicyclic amines) is 1. The summed E-state index contributed by atoms with van der Waals surface area (Å²) in [5.41, 5.74) is 0.582. The minimum absolute atomic E-state index is 0.133. The standard InChI is InChI=1S/C14H21BN2O4/c1-14(2,3)21-13(18)17-6-4-5-12(17)10-7-11(15(19)20)9-16-8-10/h7-9,12,19-20H,4-6H2,1-3H3/t12-/m1/s1. The van der Waals surface area contributed by atoms with Gasteiger partial charge in [-0.3, -0.25) is 4.98 Å². The van der Waals surface area contributed by atoms with Gasteiger partial charge in [0.2, 0.25) is 0 Å². The quantitative estimate of drug-likeness (QED) is 0.789. The van der Waals surface area contributed by atoms with E-state index in [4.69, 9.17) is 4.74 Å². The Hall–Kier alpha value is -1.60. The van der Waals surface area contributed by atoms with Crippen LogP contribution in [0.5, 0.6) is 0 Å². The molecule has 1 fully saturated rings. The second-order valence-electron chi connectivity index (χ2n) is 6.26. The summed E-state index contributed by atoms with van der Waals surface area (Å²) in [4.78, 5) is 17.9. The van der Waals surface area contributed by atoms with Crippen LogP contribution in [0, 0.1) is 0 Å². The van der Waals surface area contributed by atoms with Crippen molar-refractivity contribution in [1.82, 2.24) is 9.88 Å². The molecule has 1 aliphatic rings. The Morgan fingerprint density at radius 1 is 1.43 bits per heavy atom. The first kappa shape index (κ1) is 15.8. The van der Waals surface area contributed by atoms with Crippen LogP contribution in [0.4, 0.5) is 4.79 Å². The van der Waals surface area contributed by atoms with Gasteiger partial charge in [0, 0.05) is 24.4 Å². The number of hydrogen-bond acceptors (Lipinski definition) is 5. The SMILES string of the molecule is CC(C)(C)OC(=O)N1CCC[C@@H]1c1cncc(B(O)O)c1. The highest BCUT2D eigenvalue weighted by Crippen LogP contribution is 2.32. The van der Waals surface area contributed by atoms with Crippen LogP contribution in [0.25, 0.3) is 0 Å². The van der Waals surface area contributed by atoms with Crippen LogP contribution in [-0.4, -0.2) is 45.3 Å². The van der Waals surface area contributed by atoms with Gasteiger partial charge in [0.25, 0.3) is 0 Å². The zero-order chi connectivity index (χ0) is 15.6. The van der Waals surface area contributed by atoms with Gasteiger partial charge < -0.3 is 19.7 Å². The second-order valence-corrected chi connectivity index (χ2v) is 6.26. The molecule has 1 aromatic heterocycles. The molecule has 1 aromatic rings. The molecule has 21 heavy (non-hydrogen) atoms. The minimum atomic E-state index is -1.56. The van der Waals surface area contributed by atoms with Crippen molar-refractivity contribution < 1.29 is 19.6 Å². The van der Waals surface area contributed by atoms with Gasteiger partial charge >= 0.3 is 13.2 Å². The first-order valence-corrected chi connectivity index (χ1v) is 7.08. The molecule has 0 bridgehead atoms. The Labute approximate surface area is 124 Å². The molecule has 6 nitrogen and oxygen atoms in total. The van der Waals surface area contributed by atoms with Gasteiger partial charge in [0.05, 0.1) is 6.04 Å². The topological polar surface area (TPSA) is 82.9 Å². The van der Waals surface area contributed by atoms with Gasteiger partial charge in [-0.1, -0.05) is 6.07 Å². The van der Waals surface area contributed by atoms with E-state index in [0.717, 1.165) is 18.4 Å². The van der Waals surface area contributed by atoms with Gasteiger partial charge in [-0.2, -0.15) is 0 Å². The summed E-state index contributed by atoms with van der Waals surface area (Å²) >= 11 is 0. The molecule has 2 N–H and O–H groups in total. The molecule has 0 spiro atoms. The fourth-order valence-corrected chi connectivity index (χ4v) is 2.45. The summed E-state index contributed by atoms with van der Waals surface area (Å²) in [7, 11) is -1.56. The molecule has 1 saturated heterocycles. The molecular weight excluding hydrogens is 271 g/mol. The third kappa shape index (κ3) is 3.95. The van der Waals surface area contributed by atoms with Crippen molar-refractivity contribution in [3.05, 3.63) is 24.0 Å². The van der Waals surface area contributed by atoms with Gasteiger partial charge in [-0.15, -0.1) is 0 Å². The van der Waals surface area contributed by atoms with Crippen LogP contribution in [0.15, 0.2) is 18.5 Å². The maximum absolute atomic E-state index is 12.2. The van der Waals surface area contributed by atoms with Crippen LogP contribution in [0.1, 0.15) is 45.2 Å². The molecular formula is C14H21BN2O4. The summed E-state index contributed by atoms with van der Waals surface area (Å²) in [6, 6.07) is 1.54. The number of hydrogen-bond donors (Lipinski definition) is 2. The van der Waals surface area contributed by atoms with E-state index < -0.39 is 12.7 Å². The average Bonchev–Trinajstić information content (AvgIpc) is 2.86. The first-order valence-electron chi connectivity index (χ1n) is 7.08. The van der Waals surface area contributed by atoms with Crippen molar-refractivity contribution in [2.75, 3.05) is 6.54 Å². The minimum Gasteiger partial charge on any atom is -0.444 e. The summed E-state index contributed by atoms with van der Waals surface area (Å²) < 4.78 is 5.42. The number of carbonyl (C=O) groups is 1. The number of amides is 1. The molecule has 1 amide bonds. The van der Waals surface area contributed by atoms with E-state index in [1.165, 1.54) is 6.20 Å². The number of carbonyl (C=O) groups excluding carboxylic acids is 1. The lowest BCUT2D eigenvalue weighted by atomic mass is 9.80. The van der Waals surface area contributed by atoms with E-state index in [0.29, 0.717) is 12.0 Å². The number of ether oxygens (including phenoxy) is 1. The first-order chi connectivity index (χ1) is 9.78. The predicted octanol–water partition coefficient (Wildman–Crippen LogP) is 0.833. The summed E-state index contributed by atoms with van der Waals surface area (Å²) in [5.74, 6) is 0. The zero-order valence-corrected chi connectivity index (χ0v) is 12.6. The molecule has 0 unspecified atom stereocenters. The number of rotatable bonds is 2. The summed E-state index contributed by atoms with van der Waals surface area (Å²) in [6.07, 6.45) is 4.40. The predicted molar refractivity (Wildman–Crippen MR) is 79.0 cm³/mol. The molecule has 0 aromatic carbocycles. The van der Waals surface area contributed by atoms with Crippen molar-refractivity contribution in [2.24, 2.45) is 0 Å². The molecule has 2 heterocycles. The molecule has 0 saturated carbocycles. The maximum atomic E-state index is 12.2. The Morgan fingerprint density at radius 3 is 2.76 bits per heavy atom. The van der Waals surface area contributed by atoms with Gasteiger partial charge in [0.15, 0.2) is 0 Å². The van der Waals surface area contributed by atoms with Crippen molar-refractivity contribution in [3.8, 4) is 0 Å². The normalized spacial score (nSPS) is 18.7. The van der Waals surface area contributed by atoms with E-state index in [1.807, 2.05) is 20.8 Å². The lowest BCUT2D eigenvalue weighted by Gasteiger charge is -2.28. The molecule has 114 valence electrons. The highest BCUT2D eigenvalue weighted by Gasteiger charge is 2.33. The fourth-order valence-electron chi connectivity index (χ4n) is 2.45. The number of aromatic nitrogens is 1. The largest absolute Gasteiger partial charge is 0.490 e. The summed E-state index contributed by atoms with van der Waals surface area (Å²) in [5, 5.41) is 18.5. The Bertz CT molecular complexity index is 516. The summed E-state index contributed by atoms with van der Waals surface area (Å²) in [6.45, 7) is 6.13. The van der Waals surface area contributed by atoms with Crippen molar-refractivity contribution in [1.29, 1.82) is 0 Å². The zero-order valence-electron chi connectivity index (χ0n) is 12.6. The van der Waals surface area contributed by atoms with Crippen LogP contribution in [-0.2, 0) is 4.74 Å². The Morgan fingerprint density at radius 2 is 2.14 bits per heavy atom. The lowest BCUT2D eigenvalue weighted by Crippen LogP contribution is -2.37. The second kappa shape index (κ2) is 6.03. The molecule has 1 aliphatic heterocycles. The number of pyridine rings is 1. The molecule has 1 atom stereocenters. The van der Waals surface area contributed by atoms with Crippen LogP contribution >= 0.6 is 0 Å². The molecule has 0 radical (unpaired) electrons. The lowest BCUT2D eigenvalue weighted by molar-refractivity contribution is 0.0224. The van der Waals surface area contributed by atoms with Crippen LogP contribution < -0.4 is 5.46 Å². The maximum Gasteiger partial charge on any atom is 0.490 e. The van der Waals surface area contributed by atoms with E-state index in [-0.39, 0.29) is 12.1 Å². The van der Waals surface area contributed by atoms with Crippen molar-refractivity contribution in [3.63, 3.8) is 0 Å². The number of nitrogens with zero attached hydrogens (tertiary/aromatic N) is 2. The van der Waals surface area contributed by atoms with Gasteiger partial charge in [-0.25, -0.2) is 4.79 Å². The average molecular weight is 292 g/mol. The van der Waals surface area contributed by atoms with E-state index in [2.05, 4.69) is 4.98 Å². The van der Waals surface area contributed by atoms with Crippen LogP contribution in [0.3, 0.4) is 0 Å².